The van der Waals surface area contributed by atoms with E-state index in [1.165, 1.54) is 11.1 Å². The lowest BCUT2D eigenvalue weighted by molar-refractivity contribution is 0.660. The third kappa shape index (κ3) is 2.81. The first-order valence-corrected chi connectivity index (χ1v) is 7.07. The van der Waals surface area contributed by atoms with E-state index >= 15 is 0 Å². The first-order valence-electron chi connectivity index (χ1n) is 7.07. The molecule has 2 N–H and O–H groups in total. The van der Waals surface area contributed by atoms with E-state index in [-0.39, 0.29) is 0 Å². The van der Waals surface area contributed by atoms with Crippen molar-refractivity contribution in [3.05, 3.63) is 54.0 Å². The van der Waals surface area contributed by atoms with Crippen LogP contribution >= 0.6 is 0 Å². The second-order valence-corrected chi connectivity index (χ2v) is 5.20. The van der Waals surface area contributed by atoms with Crippen molar-refractivity contribution in [3.8, 4) is 11.3 Å². The Bertz CT molecular complexity index is 736. The zero-order valence-electron chi connectivity index (χ0n) is 12.3. The number of hydrogen-bond donors (Lipinski definition) is 1. The van der Waals surface area contributed by atoms with Crippen molar-refractivity contribution in [2.24, 2.45) is 0 Å². The summed E-state index contributed by atoms with van der Waals surface area (Å²) < 4.78 is 3.74. The van der Waals surface area contributed by atoms with Crippen molar-refractivity contribution in [1.82, 2.24) is 19.6 Å². The SMILES string of the molecule is CCn1cc(-c2nn(Cc3ccc(C)cc3)cc2N)cn1. The Labute approximate surface area is 124 Å². The highest BCUT2D eigenvalue weighted by Crippen LogP contribution is 2.23. The first kappa shape index (κ1) is 13.4. The number of nitrogens with zero attached hydrogens (tertiary/aromatic N) is 4. The van der Waals surface area contributed by atoms with Crippen LogP contribution in [0.2, 0.25) is 0 Å². The minimum Gasteiger partial charge on any atom is -0.396 e. The zero-order chi connectivity index (χ0) is 14.8. The largest absolute Gasteiger partial charge is 0.396 e. The normalized spacial score (nSPS) is 11.0. The summed E-state index contributed by atoms with van der Waals surface area (Å²) in [6, 6.07) is 8.44. The van der Waals surface area contributed by atoms with Gasteiger partial charge in [-0.3, -0.25) is 9.36 Å². The van der Waals surface area contributed by atoms with E-state index in [1.807, 2.05) is 21.8 Å². The van der Waals surface area contributed by atoms with Gasteiger partial charge in [0.25, 0.3) is 0 Å². The molecule has 0 radical (unpaired) electrons. The third-order valence-electron chi connectivity index (χ3n) is 3.49. The van der Waals surface area contributed by atoms with E-state index in [9.17, 15) is 0 Å². The van der Waals surface area contributed by atoms with Crippen LogP contribution in [0, 0.1) is 6.92 Å². The van der Waals surface area contributed by atoms with E-state index in [4.69, 9.17) is 5.73 Å². The van der Waals surface area contributed by atoms with Crippen LogP contribution in [0.1, 0.15) is 18.1 Å². The summed E-state index contributed by atoms with van der Waals surface area (Å²) in [5.74, 6) is 0. The van der Waals surface area contributed by atoms with E-state index in [2.05, 4.69) is 48.3 Å². The molecule has 21 heavy (non-hydrogen) atoms. The maximum absolute atomic E-state index is 6.08. The molecule has 5 nitrogen and oxygen atoms in total. The van der Waals surface area contributed by atoms with Gasteiger partial charge in [0, 0.05) is 24.5 Å². The molecule has 5 heteroatoms. The summed E-state index contributed by atoms with van der Waals surface area (Å²) >= 11 is 0. The van der Waals surface area contributed by atoms with Crippen LogP contribution < -0.4 is 5.73 Å². The minimum absolute atomic E-state index is 0.678. The van der Waals surface area contributed by atoms with Gasteiger partial charge in [0.2, 0.25) is 0 Å². The molecule has 0 saturated carbocycles. The fourth-order valence-electron chi connectivity index (χ4n) is 2.28. The highest BCUT2D eigenvalue weighted by molar-refractivity contribution is 5.70. The minimum atomic E-state index is 0.678. The van der Waals surface area contributed by atoms with Crippen LogP contribution in [0.4, 0.5) is 5.69 Å². The van der Waals surface area contributed by atoms with Gasteiger partial charge >= 0.3 is 0 Å². The molecular formula is C16H19N5. The van der Waals surface area contributed by atoms with Gasteiger partial charge in [0.05, 0.1) is 18.4 Å². The molecule has 2 heterocycles. The Balaban J connectivity index is 1.85. The number of anilines is 1. The Morgan fingerprint density at radius 1 is 1.10 bits per heavy atom. The maximum atomic E-state index is 6.08. The second kappa shape index (κ2) is 5.44. The standard InChI is InChI=1S/C16H19N5/c1-3-20-10-14(8-18-20)16-15(17)11-21(19-16)9-13-6-4-12(2)5-7-13/h4-8,10-11H,3,9,17H2,1-2H3. The predicted octanol–water partition coefficient (Wildman–Crippen LogP) is 2.71. The van der Waals surface area contributed by atoms with Gasteiger partial charge in [-0.1, -0.05) is 29.8 Å². The summed E-state index contributed by atoms with van der Waals surface area (Å²) in [5.41, 5.74) is 11.0. The topological polar surface area (TPSA) is 61.7 Å². The molecule has 2 aromatic heterocycles. The number of aromatic nitrogens is 4. The van der Waals surface area contributed by atoms with Crippen molar-refractivity contribution in [1.29, 1.82) is 0 Å². The van der Waals surface area contributed by atoms with Gasteiger partial charge in [-0.2, -0.15) is 10.2 Å². The molecule has 0 amide bonds. The predicted molar refractivity (Wildman–Crippen MR) is 83.8 cm³/mol. The lowest BCUT2D eigenvalue weighted by Crippen LogP contribution is -2.00. The molecule has 1 aromatic carbocycles. The van der Waals surface area contributed by atoms with Gasteiger partial charge in [0.1, 0.15) is 5.69 Å². The quantitative estimate of drug-likeness (QED) is 0.799. The monoisotopic (exact) mass is 281 g/mol. The Kier molecular flexibility index (Phi) is 3.48. The summed E-state index contributed by atoms with van der Waals surface area (Å²) in [6.07, 6.45) is 5.64. The average Bonchev–Trinajstić information content (AvgIpc) is 3.08. The van der Waals surface area contributed by atoms with Gasteiger partial charge in [-0.15, -0.1) is 0 Å². The maximum Gasteiger partial charge on any atom is 0.118 e. The van der Waals surface area contributed by atoms with Gasteiger partial charge in [-0.25, -0.2) is 0 Å². The van der Waals surface area contributed by atoms with Crippen molar-refractivity contribution in [2.45, 2.75) is 26.9 Å². The highest BCUT2D eigenvalue weighted by Gasteiger charge is 2.10. The zero-order valence-corrected chi connectivity index (χ0v) is 12.3. The number of nitrogens with two attached hydrogens (primary N) is 1. The lowest BCUT2D eigenvalue weighted by atomic mass is 10.1. The molecule has 0 unspecified atom stereocenters. The van der Waals surface area contributed by atoms with Gasteiger partial charge in [-0.05, 0) is 19.4 Å². The van der Waals surface area contributed by atoms with Crippen molar-refractivity contribution in [2.75, 3.05) is 5.73 Å². The highest BCUT2D eigenvalue weighted by atomic mass is 15.3. The average molecular weight is 281 g/mol. The molecule has 0 spiro atoms. The molecular weight excluding hydrogens is 262 g/mol. The molecule has 3 rings (SSSR count). The number of hydrogen-bond acceptors (Lipinski definition) is 3. The molecule has 0 aliphatic rings. The van der Waals surface area contributed by atoms with Crippen molar-refractivity contribution in [3.63, 3.8) is 0 Å². The Morgan fingerprint density at radius 3 is 2.52 bits per heavy atom. The van der Waals surface area contributed by atoms with Crippen LogP contribution in [-0.2, 0) is 13.1 Å². The smallest absolute Gasteiger partial charge is 0.118 e. The van der Waals surface area contributed by atoms with E-state index in [0.29, 0.717) is 12.2 Å². The van der Waals surface area contributed by atoms with Crippen LogP contribution in [0.25, 0.3) is 11.3 Å². The molecule has 108 valence electrons. The van der Waals surface area contributed by atoms with E-state index < -0.39 is 0 Å². The number of rotatable bonds is 4. The first-order chi connectivity index (χ1) is 10.2. The lowest BCUT2D eigenvalue weighted by Gasteiger charge is -2.02. The molecule has 0 fully saturated rings. The summed E-state index contributed by atoms with van der Waals surface area (Å²) in [7, 11) is 0. The third-order valence-corrected chi connectivity index (χ3v) is 3.49. The summed E-state index contributed by atoms with van der Waals surface area (Å²) in [4.78, 5) is 0. The second-order valence-electron chi connectivity index (χ2n) is 5.20. The van der Waals surface area contributed by atoms with E-state index in [0.717, 1.165) is 17.8 Å². The molecule has 0 aliphatic carbocycles. The fraction of sp³-hybridized carbons (Fsp3) is 0.250. The van der Waals surface area contributed by atoms with Crippen molar-refractivity contribution >= 4 is 5.69 Å². The Morgan fingerprint density at radius 2 is 1.86 bits per heavy atom. The fourth-order valence-corrected chi connectivity index (χ4v) is 2.28. The van der Waals surface area contributed by atoms with Gasteiger partial charge < -0.3 is 5.73 Å². The van der Waals surface area contributed by atoms with Crippen molar-refractivity contribution < 1.29 is 0 Å². The van der Waals surface area contributed by atoms with Crippen LogP contribution in [-0.4, -0.2) is 19.6 Å². The number of nitrogen functional groups attached to an aromatic ring is 1. The molecule has 0 aliphatic heterocycles. The molecule has 0 saturated heterocycles. The van der Waals surface area contributed by atoms with Crippen LogP contribution in [0.15, 0.2) is 42.9 Å². The number of benzene rings is 1. The molecule has 0 bridgehead atoms. The van der Waals surface area contributed by atoms with Crippen LogP contribution in [0.5, 0.6) is 0 Å². The Hall–Kier alpha value is -2.56. The van der Waals surface area contributed by atoms with Crippen LogP contribution in [0.3, 0.4) is 0 Å². The summed E-state index contributed by atoms with van der Waals surface area (Å²) in [5, 5.41) is 8.85. The van der Waals surface area contributed by atoms with E-state index in [1.54, 1.807) is 6.20 Å². The summed E-state index contributed by atoms with van der Waals surface area (Å²) in [6.45, 7) is 5.69. The van der Waals surface area contributed by atoms with Gasteiger partial charge in [0.15, 0.2) is 0 Å². The molecule has 3 aromatic rings. The molecule has 0 atom stereocenters. The number of aryl methyl sites for hydroxylation is 2.